The lowest BCUT2D eigenvalue weighted by atomic mass is 9.85. The van der Waals surface area contributed by atoms with Gasteiger partial charge in [0.1, 0.15) is 30.2 Å². The second-order valence-corrected chi connectivity index (χ2v) is 21.0. The fraction of sp³-hybridized carbons (Fsp3) is 0.404. The Morgan fingerprint density at radius 3 is 2.30 bits per heavy atom. The van der Waals surface area contributed by atoms with Gasteiger partial charge in [-0.05, 0) is 104 Å². The van der Waals surface area contributed by atoms with E-state index < -0.39 is 41.3 Å². The maximum Gasteiger partial charge on any atom is 0.249 e. The number of hydrogen-bond donors (Lipinski definition) is 4. The van der Waals surface area contributed by atoms with Crippen LogP contribution in [0, 0.1) is 26.2 Å². The van der Waals surface area contributed by atoms with Crippen LogP contribution in [0.3, 0.4) is 0 Å². The van der Waals surface area contributed by atoms with E-state index >= 15 is 0 Å². The van der Waals surface area contributed by atoms with Gasteiger partial charge >= 0.3 is 0 Å². The average Bonchev–Trinajstić information content (AvgIpc) is 4.16. The van der Waals surface area contributed by atoms with Gasteiger partial charge in [0, 0.05) is 73.3 Å². The van der Waals surface area contributed by atoms with Gasteiger partial charge in [-0.15, -0.1) is 11.3 Å². The SMILES string of the molecule is Cc1ncsc1-c1ccc(CNC(=O)[C@@H]2C[C@@H](O)CN2C(=O)C(NC(=O)COCCCOCCCCCOc2ccc3c(c2)c2c(C(N)=O)cc(-c4c(C)noc4C)cc2n3Cc2ccccc2)C(C)(C)C)cc1. The van der Waals surface area contributed by atoms with Crippen molar-refractivity contribution in [3.63, 3.8) is 0 Å². The second-order valence-electron chi connectivity index (χ2n) is 20.1. The molecule has 1 fully saturated rings. The number of nitrogens with two attached hydrogens (primary N) is 1. The molecule has 8 rings (SSSR count). The predicted molar refractivity (Wildman–Crippen MR) is 286 cm³/mol. The lowest BCUT2D eigenvalue weighted by Crippen LogP contribution is -2.58. The number of thiazole rings is 1. The van der Waals surface area contributed by atoms with Gasteiger partial charge in [-0.1, -0.05) is 80.5 Å². The smallest absolute Gasteiger partial charge is 0.249 e. The highest BCUT2D eigenvalue weighted by Crippen LogP contribution is 2.39. The summed E-state index contributed by atoms with van der Waals surface area (Å²) in [6.45, 7) is 13.7. The molecule has 4 heterocycles. The number of amides is 4. The molecule has 16 nitrogen and oxygen atoms in total. The predicted octanol–water partition coefficient (Wildman–Crippen LogP) is 8.43. The molecular formula is C57H67N7O9S. The Morgan fingerprint density at radius 1 is 0.851 bits per heavy atom. The molecule has 1 unspecified atom stereocenters. The van der Waals surface area contributed by atoms with Crippen LogP contribution >= 0.6 is 11.3 Å². The maximum absolute atomic E-state index is 14.0. The van der Waals surface area contributed by atoms with Crippen LogP contribution in [-0.2, 0) is 36.9 Å². The highest BCUT2D eigenvalue weighted by Gasteiger charge is 2.44. The molecular weight excluding hydrogens is 959 g/mol. The van der Waals surface area contributed by atoms with Gasteiger partial charge in [-0.25, -0.2) is 4.98 Å². The number of primary amides is 1. The molecule has 4 amide bonds. The number of benzene rings is 4. The maximum atomic E-state index is 14.0. The van der Waals surface area contributed by atoms with E-state index in [0.29, 0.717) is 56.5 Å². The molecule has 4 aromatic carbocycles. The summed E-state index contributed by atoms with van der Waals surface area (Å²) in [5, 5.41) is 22.2. The molecule has 74 heavy (non-hydrogen) atoms. The quantitative estimate of drug-likeness (QED) is 0.0447. The number of carbonyl (C=O) groups excluding carboxylic acids is 4. The van der Waals surface area contributed by atoms with E-state index in [0.717, 1.165) is 85.2 Å². The molecule has 390 valence electrons. The van der Waals surface area contributed by atoms with E-state index in [1.54, 1.807) is 11.3 Å². The summed E-state index contributed by atoms with van der Waals surface area (Å²) in [5.41, 5.74) is 15.9. The normalized spacial score (nSPS) is 15.2. The van der Waals surface area contributed by atoms with Crippen molar-refractivity contribution >= 4 is 56.8 Å². The third kappa shape index (κ3) is 12.7. The summed E-state index contributed by atoms with van der Waals surface area (Å²) in [7, 11) is 0. The molecule has 3 aromatic heterocycles. The summed E-state index contributed by atoms with van der Waals surface area (Å²) < 4.78 is 25.4. The Kier molecular flexibility index (Phi) is 17.3. The molecule has 0 saturated carbocycles. The third-order valence-electron chi connectivity index (χ3n) is 13.4. The van der Waals surface area contributed by atoms with Crippen molar-refractivity contribution in [3.05, 3.63) is 124 Å². The number of aliphatic hydroxyl groups excluding tert-OH is 1. The molecule has 1 aliphatic rings. The van der Waals surface area contributed by atoms with E-state index in [2.05, 4.69) is 43.5 Å². The number of rotatable bonds is 23. The molecule has 1 saturated heterocycles. The number of nitrogens with one attached hydrogen (secondary N) is 2. The van der Waals surface area contributed by atoms with Crippen LogP contribution in [0.25, 0.3) is 43.4 Å². The van der Waals surface area contributed by atoms with Gasteiger partial charge in [0.2, 0.25) is 23.6 Å². The zero-order chi connectivity index (χ0) is 52.5. The third-order valence-corrected chi connectivity index (χ3v) is 14.4. The molecule has 1 aliphatic heterocycles. The van der Waals surface area contributed by atoms with Crippen LogP contribution < -0.4 is 21.1 Å². The first-order valence-electron chi connectivity index (χ1n) is 25.3. The Morgan fingerprint density at radius 2 is 1.59 bits per heavy atom. The summed E-state index contributed by atoms with van der Waals surface area (Å²) in [4.78, 5) is 60.5. The highest BCUT2D eigenvalue weighted by molar-refractivity contribution is 7.13. The van der Waals surface area contributed by atoms with Gasteiger partial charge in [0.25, 0.3) is 0 Å². The first kappa shape index (κ1) is 53.4. The van der Waals surface area contributed by atoms with Gasteiger partial charge < -0.3 is 49.7 Å². The number of fused-ring (bicyclic) bond motifs is 3. The summed E-state index contributed by atoms with van der Waals surface area (Å²) in [6.07, 6.45) is 2.37. The van der Waals surface area contributed by atoms with E-state index in [1.807, 2.05) is 114 Å². The number of aryl methyl sites for hydroxylation is 3. The molecule has 17 heteroatoms. The number of likely N-dealkylation sites (tertiary alicyclic amines) is 1. The Bertz CT molecular complexity index is 3070. The topological polar surface area (TPSA) is 213 Å². The molecule has 3 atom stereocenters. The molecule has 0 spiro atoms. The van der Waals surface area contributed by atoms with Crippen LogP contribution in [0.2, 0.25) is 0 Å². The Hall–Kier alpha value is -6.92. The van der Waals surface area contributed by atoms with Crippen molar-refractivity contribution in [2.24, 2.45) is 11.1 Å². The zero-order valence-corrected chi connectivity index (χ0v) is 43.9. The standard InChI is InChI=1S/C57H67N7O9S/c1-35-50(37(3)73-62-35)41-26-45(54(58)67)51-44-29-43(20-21-46(44)63(47(51)27-41)31-39-14-9-7-10-15-39)72-25-12-8-11-22-70-23-13-24-71-33-49(66)61-53(57(4,5)6)56(69)64-32-42(65)28-48(64)55(68)59-30-38-16-18-40(19-17-38)52-36(2)60-34-74-52/h7,9-10,14-21,26-27,29,34,42,48,53,65H,8,11-13,22-25,28,30-33H2,1-6H3,(H2,58,67)(H,59,68)(H,61,66)/t42-,48+,53?/m1/s1. The minimum absolute atomic E-state index is 0.0116. The summed E-state index contributed by atoms with van der Waals surface area (Å²) in [6, 6.07) is 26.1. The number of nitrogens with zero attached hydrogens (tertiary/aromatic N) is 4. The molecule has 7 aromatic rings. The summed E-state index contributed by atoms with van der Waals surface area (Å²) >= 11 is 1.57. The lowest BCUT2D eigenvalue weighted by Gasteiger charge is -2.35. The highest BCUT2D eigenvalue weighted by atomic mass is 32.1. The van der Waals surface area contributed by atoms with Crippen LogP contribution in [0.4, 0.5) is 0 Å². The van der Waals surface area contributed by atoms with Gasteiger partial charge in [-0.2, -0.15) is 0 Å². The number of aliphatic hydroxyl groups is 1. The fourth-order valence-corrected chi connectivity index (χ4v) is 10.5. The van der Waals surface area contributed by atoms with Crippen molar-refractivity contribution in [1.82, 2.24) is 30.2 Å². The van der Waals surface area contributed by atoms with Gasteiger partial charge in [0.05, 0.1) is 40.0 Å². The van der Waals surface area contributed by atoms with Gasteiger partial charge in [-0.3, -0.25) is 19.2 Å². The van der Waals surface area contributed by atoms with Crippen molar-refractivity contribution in [1.29, 1.82) is 0 Å². The fourth-order valence-electron chi connectivity index (χ4n) is 9.65. The second kappa shape index (κ2) is 24.0. The van der Waals surface area contributed by atoms with Crippen molar-refractivity contribution < 1.29 is 43.0 Å². The van der Waals surface area contributed by atoms with E-state index in [4.69, 9.17) is 24.5 Å². The Balaban J connectivity index is 0.755. The number of β-amino-alcohol motifs (C(OH)–C–C–N with tert-alkyl or cyclic N) is 1. The molecule has 0 aliphatic carbocycles. The van der Waals surface area contributed by atoms with Crippen LogP contribution in [0.15, 0.2) is 95.0 Å². The number of ether oxygens (including phenoxy) is 3. The Labute approximate surface area is 435 Å². The van der Waals surface area contributed by atoms with Crippen molar-refractivity contribution in [2.75, 3.05) is 39.6 Å². The van der Waals surface area contributed by atoms with Crippen LogP contribution in [0.1, 0.15) is 91.5 Å². The first-order chi connectivity index (χ1) is 35.6. The molecule has 0 bridgehead atoms. The van der Waals surface area contributed by atoms with Crippen LogP contribution in [0.5, 0.6) is 5.75 Å². The monoisotopic (exact) mass is 1030 g/mol. The van der Waals surface area contributed by atoms with E-state index in [9.17, 15) is 24.3 Å². The van der Waals surface area contributed by atoms with E-state index in [-0.39, 0.29) is 32.0 Å². The van der Waals surface area contributed by atoms with Crippen molar-refractivity contribution in [2.45, 2.75) is 105 Å². The average molecular weight is 1030 g/mol. The van der Waals surface area contributed by atoms with Crippen molar-refractivity contribution in [3.8, 4) is 27.3 Å². The minimum atomic E-state index is -0.955. The minimum Gasteiger partial charge on any atom is -0.494 e. The number of aromatic nitrogens is 3. The lowest BCUT2D eigenvalue weighted by molar-refractivity contribution is -0.144. The van der Waals surface area contributed by atoms with Crippen LogP contribution in [-0.4, -0.2) is 106 Å². The zero-order valence-electron chi connectivity index (χ0n) is 43.1. The first-order valence-corrected chi connectivity index (χ1v) is 26.2. The van der Waals surface area contributed by atoms with E-state index in [1.165, 1.54) is 4.90 Å². The molecule has 0 radical (unpaired) electrons. The largest absolute Gasteiger partial charge is 0.494 e. The number of unbranched alkanes of at least 4 members (excludes halogenated alkanes) is 2. The number of hydrogen-bond acceptors (Lipinski definition) is 12. The summed E-state index contributed by atoms with van der Waals surface area (Å²) in [5.74, 6) is -0.415. The van der Waals surface area contributed by atoms with Gasteiger partial charge in [0.15, 0.2) is 0 Å². The number of carbonyl (C=O) groups is 4. The molecule has 5 N–H and O–H groups in total.